The van der Waals surface area contributed by atoms with E-state index in [0.717, 1.165) is 17.5 Å². The second kappa shape index (κ2) is 7.89. The Balaban J connectivity index is 1.80. The third kappa shape index (κ3) is 5.19. The van der Waals surface area contributed by atoms with Gasteiger partial charge in [0.05, 0.1) is 23.4 Å². The summed E-state index contributed by atoms with van der Waals surface area (Å²) in [4.78, 5) is 16.0. The third-order valence-electron chi connectivity index (χ3n) is 3.16. The number of urea groups is 1. The van der Waals surface area contributed by atoms with Gasteiger partial charge in [0.1, 0.15) is 5.82 Å². The maximum absolute atomic E-state index is 13.3. The number of hydrogen-bond acceptors (Lipinski definition) is 3. The van der Waals surface area contributed by atoms with Crippen molar-refractivity contribution in [3.63, 3.8) is 0 Å². The Hall–Kier alpha value is -2.18. The number of hydrogen-bond donors (Lipinski definition) is 3. The number of aryl methyl sites for hydroxylation is 1. The lowest BCUT2D eigenvalue weighted by Crippen LogP contribution is -2.37. The van der Waals surface area contributed by atoms with Crippen LogP contribution in [-0.4, -0.2) is 22.7 Å². The van der Waals surface area contributed by atoms with E-state index in [1.807, 2.05) is 19.1 Å². The normalized spacial score (nSPS) is 11.8. The quantitative estimate of drug-likeness (QED) is 0.785. The Morgan fingerprint density at radius 3 is 2.83 bits per heavy atom. The average Bonchev–Trinajstić information content (AvgIpc) is 2.53. The van der Waals surface area contributed by atoms with Gasteiger partial charge in [-0.25, -0.2) is 9.18 Å². The number of nitrogens with one attached hydrogen (secondary N) is 2. The van der Waals surface area contributed by atoms with Crippen LogP contribution in [0.2, 0.25) is 5.02 Å². The zero-order chi connectivity index (χ0) is 16.8. The Bertz CT molecular complexity index is 697. The Morgan fingerprint density at radius 2 is 2.13 bits per heavy atom. The standard InChI is InChI=1S/C16H17ClFN3O2/c1-10-3-2-4-12(21-10)8-19-16(23)20-9-15(22)11-5-6-13(17)14(18)7-11/h2-7,15,22H,8-9H2,1H3,(H2,19,20,23)/t15-/m0/s1. The number of aliphatic hydroxyl groups excluding tert-OH is 1. The van der Waals surface area contributed by atoms with E-state index in [1.165, 1.54) is 12.1 Å². The van der Waals surface area contributed by atoms with Crippen molar-refractivity contribution in [1.82, 2.24) is 15.6 Å². The summed E-state index contributed by atoms with van der Waals surface area (Å²) in [6, 6.07) is 9.09. The van der Waals surface area contributed by atoms with Gasteiger partial charge in [0.25, 0.3) is 0 Å². The van der Waals surface area contributed by atoms with E-state index < -0.39 is 18.0 Å². The molecule has 0 aliphatic heterocycles. The predicted octanol–water partition coefficient (Wildman–Crippen LogP) is 2.72. The summed E-state index contributed by atoms with van der Waals surface area (Å²) in [5.41, 5.74) is 1.94. The van der Waals surface area contributed by atoms with Gasteiger partial charge in [0.15, 0.2) is 0 Å². The molecule has 2 amide bonds. The minimum atomic E-state index is -1.02. The lowest BCUT2D eigenvalue weighted by atomic mass is 10.1. The van der Waals surface area contributed by atoms with Gasteiger partial charge in [0.2, 0.25) is 0 Å². The fourth-order valence-electron chi connectivity index (χ4n) is 1.96. The van der Waals surface area contributed by atoms with Crippen molar-refractivity contribution in [1.29, 1.82) is 0 Å². The molecule has 122 valence electrons. The van der Waals surface area contributed by atoms with E-state index >= 15 is 0 Å². The summed E-state index contributed by atoms with van der Waals surface area (Å²) in [6.07, 6.45) is -1.02. The number of carbonyl (C=O) groups is 1. The third-order valence-corrected chi connectivity index (χ3v) is 3.47. The average molecular weight is 338 g/mol. The summed E-state index contributed by atoms with van der Waals surface area (Å²) in [5.74, 6) is -0.613. The molecule has 5 nitrogen and oxygen atoms in total. The molecule has 2 rings (SSSR count). The van der Waals surface area contributed by atoms with Crippen LogP contribution in [-0.2, 0) is 6.54 Å². The topological polar surface area (TPSA) is 74.2 Å². The number of aliphatic hydroxyl groups is 1. The molecule has 7 heteroatoms. The van der Waals surface area contributed by atoms with Gasteiger partial charge in [0, 0.05) is 12.2 Å². The zero-order valence-corrected chi connectivity index (χ0v) is 13.3. The van der Waals surface area contributed by atoms with Gasteiger partial charge < -0.3 is 15.7 Å². The second-order valence-corrected chi connectivity index (χ2v) is 5.43. The lowest BCUT2D eigenvalue weighted by Gasteiger charge is -2.13. The number of nitrogens with zero attached hydrogens (tertiary/aromatic N) is 1. The molecule has 0 bridgehead atoms. The molecule has 1 aromatic carbocycles. The van der Waals surface area contributed by atoms with Crippen LogP contribution in [0.4, 0.5) is 9.18 Å². The Morgan fingerprint density at radius 1 is 1.35 bits per heavy atom. The fraction of sp³-hybridized carbons (Fsp3) is 0.250. The van der Waals surface area contributed by atoms with Gasteiger partial charge in [-0.15, -0.1) is 0 Å². The molecular weight excluding hydrogens is 321 g/mol. The van der Waals surface area contributed by atoms with Gasteiger partial charge in [-0.05, 0) is 36.8 Å². The lowest BCUT2D eigenvalue weighted by molar-refractivity contribution is 0.172. The van der Waals surface area contributed by atoms with Crippen LogP contribution in [0, 0.1) is 12.7 Å². The minimum Gasteiger partial charge on any atom is -0.387 e. The SMILES string of the molecule is Cc1cccc(CNC(=O)NC[C@H](O)c2ccc(Cl)c(F)c2)n1. The minimum absolute atomic E-state index is 0.0164. The summed E-state index contributed by atoms with van der Waals surface area (Å²) in [5, 5.41) is 15.1. The van der Waals surface area contributed by atoms with Gasteiger partial charge in [-0.3, -0.25) is 4.98 Å². The molecule has 1 heterocycles. The first-order chi connectivity index (χ1) is 11.0. The molecule has 0 aliphatic carbocycles. The van der Waals surface area contributed by atoms with E-state index in [2.05, 4.69) is 15.6 Å². The molecule has 1 atom stereocenters. The second-order valence-electron chi connectivity index (χ2n) is 5.02. The van der Waals surface area contributed by atoms with E-state index in [1.54, 1.807) is 6.07 Å². The van der Waals surface area contributed by atoms with Crippen LogP contribution in [0.3, 0.4) is 0 Å². The Kier molecular flexibility index (Phi) is 5.90. The number of halogens is 2. The van der Waals surface area contributed by atoms with Crippen LogP contribution in [0.5, 0.6) is 0 Å². The highest BCUT2D eigenvalue weighted by molar-refractivity contribution is 6.30. The highest BCUT2D eigenvalue weighted by atomic mass is 35.5. The first-order valence-electron chi connectivity index (χ1n) is 7.03. The molecule has 0 spiro atoms. The highest BCUT2D eigenvalue weighted by Gasteiger charge is 2.11. The van der Waals surface area contributed by atoms with Crippen LogP contribution in [0.25, 0.3) is 0 Å². The Labute approximate surface area is 138 Å². The van der Waals surface area contributed by atoms with Crippen molar-refractivity contribution < 1.29 is 14.3 Å². The van der Waals surface area contributed by atoms with Crippen molar-refractivity contribution in [3.8, 4) is 0 Å². The van der Waals surface area contributed by atoms with Crippen molar-refractivity contribution in [2.24, 2.45) is 0 Å². The summed E-state index contributed by atoms with van der Waals surface area (Å²) in [7, 11) is 0. The first kappa shape index (κ1) is 17.2. The number of benzene rings is 1. The number of aromatic nitrogens is 1. The monoisotopic (exact) mass is 337 g/mol. The maximum atomic E-state index is 13.3. The maximum Gasteiger partial charge on any atom is 0.315 e. The summed E-state index contributed by atoms with van der Waals surface area (Å²) < 4.78 is 13.3. The molecule has 2 aromatic rings. The van der Waals surface area contributed by atoms with Crippen molar-refractivity contribution in [3.05, 3.63) is 64.2 Å². The highest BCUT2D eigenvalue weighted by Crippen LogP contribution is 2.19. The smallest absolute Gasteiger partial charge is 0.315 e. The van der Waals surface area contributed by atoms with Crippen LogP contribution in [0.15, 0.2) is 36.4 Å². The van der Waals surface area contributed by atoms with E-state index in [-0.39, 0.29) is 18.1 Å². The zero-order valence-electron chi connectivity index (χ0n) is 12.5. The number of amides is 2. The molecule has 23 heavy (non-hydrogen) atoms. The molecule has 0 fully saturated rings. The molecule has 0 saturated carbocycles. The van der Waals surface area contributed by atoms with Crippen LogP contribution >= 0.6 is 11.6 Å². The molecule has 0 aliphatic rings. The van der Waals surface area contributed by atoms with Crippen molar-refractivity contribution in [2.45, 2.75) is 19.6 Å². The van der Waals surface area contributed by atoms with Gasteiger partial charge in [-0.1, -0.05) is 23.7 Å². The van der Waals surface area contributed by atoms with E-state index in [9.17, 15) is 14.3 Å². The van der Waals surface area contributed by atoms with Crippen molar-refractivity contribution >= 4 is 17.6 Å². The molecule has 0 unspecified atom stereocenters. The van der Waals surface area contributed by atoms with Gasteiger partial charge >= 0.3 is 6.03 Å². The molecule has 0 saturated heterocycles. The fourth-order valence-corrected chi connectivity index (χ4v) is 2.08. The summed E-state index contributed by atoms with van der Waals surface area (Å²) >= 11 is 5.58. The van der Waals surface area contributed by atoms with Crippen LogP contribution < -0.4 is 10.6 Å². The first-order valence-corrected chi connectivity index (χ1v) is 7.41. The van der Waals surface area contributed by atoms with E-state index in [4.69, 9.17) is 11.6 Å². The largest absolute Gasteiger partial charge is 0.387 e. The molecular formula is C16H17ClFN3O2. The predicted molar refractivity (Wildman–Crippen MR) is 85.6 cm³/mol. The van der Waals surface area contributed by atoms with Crippen LogP contribution in [0.1, 0.15) is 23.1 Å². The molecule has 3 N–H and O–H groups in total. The molecule has 0 radical (unpaired) electrons. The summed E-state index contributed by atoms with van der Waals surface area (Å²) in [6.45, 7) is 2.10. The molecule has 1 aromatic heterocycles. The number of rotatable bonds is 5. The number of pyridine rings is 1. The van der Waals surface area contributed by atoms with Gasteiger partial charge in [-0.2, -0.15) is 0 Å². The van der Waals surface area contributed by atoms with Crippen molar-refractivity contribution in [2.75, 3.05) is 6.54 Å². The number of carbonyl (C=O) groups excluding carboxylic acids is 1. The van der Waals surface area contributed by atoms with E-state index in [0.29, 0.717) is 5.56 Å².